The number of halogens is 1. The number of hydrogen-bond donors (Lipinski definition) is 0. The lowest BCUT2D eigenvalue weighted by molar-refractivity contribution is -0.121. The third kappa shape index (κ3) is 3.04. The molecule has 1 aliphatic rings. The van der Waals surface area contributed by atoms with Crippen LogP contribution in [0.25, 0.3) is 0 Å². The van der Waals surface area contributed by atoms with Crippen molar-refractivity contribution >= 4 is 17.4 Å². The van der Waals surface area contributed by atoms with Crippen molar-refractivity contribution in [3.63, 3.8) is 0 Å². The molecule has 1 fully saturated rings. The Labute approximate surface area is 93.8 Å². The highest BCUT2D eigenvalue weighted by Crippen LogP contribution is 2.07. The summed E-state index contributed by atoms with van der Waals surface area (Å²) in [6.45, 7) is 3.54. The first kappa shape index (κ1) is 10.6. The third-order valence-electron chi connectivity index (χ3n) is 2.66. The summed E-state index contributed by atoms with van der Waals surface area (Å²) in [4.78, 5) is 13.3. The summed E-state index contributed by atoms with van der Waals surface area (Å²) < 4.78 is 1.83. The standard InChI is InChI=1S/C10H14ClN3O/c11-9-7-12-14(8-9)6-5-13-3-1-10(15)2-4-13/h7-8H,1-6H2. The number of rotatable bonds is 3. The Morgan fingerprint density at radius 1 is 1.33 bits per heavy atom. The van der Waals surface area contributed by atoms with Crippen LogP contribution in [0.4, 0.5) is 0 Å². The number of ketones is 1. The van der Waals surface area contributed by atoms with E-state index in [2.05, 4.69) is 10.00 Å². The van der Waals surface area contributed by atoms with Crippen molar-refractivity contribution in [2.45, 2.75) is 19.4 Å². The smallest absolute Gasteiger partial charge is 0.135 e. The van der Waals surface area contributed by atoms with Gasteiger partial charge in [0.1, 0.15) is 5.78 Å². The lowest BCUT2D eigenvalue weighted by Crippen LogP contribution is -2.36. The van der Waals surface area contributed by atoms with Crippen LogP contribution in [0, 0.1) is 0 Å². The first-order valence-corrected chi connectivity index (χ1v) is 5.54. The monoisotopic (exact) mass is 227 g/mol. The van der Waals surface area contributed by atoms with E-state index in [1.54, 1.807) is 6.20 Å². The van der Waals surface area contributed by atoms with Crippen molar-refractivity contribution in [1.82, 2.24) is 14.7 Å². The van der Waals surface area contributed by atoms with Crippen LogP contribution in [-0.4, -0.2) is 40.1 Å². The molecule has 5 heteroatoms. The fourth-order valence-corrected chi connectivity index (χ4v) is 1.89. The van der Waals surface area contributed by atoms with E-state index in [4.69, 9.17) is 11.6 Å². The van der Waals surface area contributed by atoms with Crippen molar-refractivity contribution in [2.75, 3.05) is 19.6 Å². The van der Waals surface area contributed by atoms with Crippen LogP contribution in [0.3, 0.4) is 0 Å². The van der Waals surface area contributed by atoms with Gasteiger partial charge in [-0.05, 0) is 0 Å². The van der Waals surface area contributed by atoms with Gasteiger partial charge >= 0.3 is 0 Å². The molecule has 2 rings (SSSR count). The van der Waals surface area contributed by atoms with Gasteiger partial charge < -0.3 is 4.90 Å². The second-order valence-electron chi connectivity index (χ2n) is 3.80. The summed E-state index contributed by atoms with van der Waals surface area (Å²) in [6.07, 6.45) is 4.84. The summed E-state index contributed by atoms with van der Waals surface area (Å²) >= 11 is 5.76. The molecule has 1 aliphatic heterocycles. The van der Waals surface area contributed by atoms with Gasteiger partial charge in [-0.15, -0.1) is 0 Å². The van der Waals surface area contributed by atoms with Crippen LogP contribution in [0.1, 0.15) is 12.8 Å². The molecule has 0 amide bonds. The number of carbonyl (C=O) groups is 1. The van der Waals surface area contributed by atoms with E-state index in [9.17, 15) is 4.79 Å². The molecule has 1 aromatic rings. The molecular formula is C10H14ClN3O. The Balaban J connectivity index is 1.76. The number of piperidine rings is 1. The zero-order chi connectivity index (χ0) is 10.7. The van der Waals surface area contributed by atoms with Gasteiger partial charge in [0.05, 0.1) is 17.8 Å². The van der Waals surface area contributed by atoms with Crippen molar-refractivity contribution < 1.29 is 4.79 Å². The molecule has 1 aromatic heterocycles. The minimum absolute atomic E-state index is 0.383. The SMILES string of the molecule is O=C1CCN(CCn2cc(Cl)cn2)CC1. The Morgan fingerprint density at radius 3 is 2.67 bits per heavy atom. The maximum Gasteiger partial charge on any atom is 0.135 e. The van der Waals surface area contributed by atoms with Crippen molar-refractivity contribution in [3.05, 3.63) is 17.4 Å². The number of hydrogen-bond acceptors (Lipinski definition) is 3. The fourth-order valence-electron chi connectivity index (χ4n) is 1.73. The molecule has 1 saturated heterocycles. The molecule has 0 saturated carbocycles. The molecule has 82 valence electrons. The number of nitrogens with zero attached hydrogens (tertiary/aromatic N) is 3. The maximum atomic E-state index is 11.0. The summed E-state index contributed by atoms with van der Waals surface area (Å²) in [5, 5.41) is 4.78. The molecule has 15 heavy (non-hydrogen) atoms. The maximum absolute atomic E-state index is 11.0. The average molecular weight is 228 g/mol. The fraction of sp³-hybridized carbons (Fsp3) is 0.600. The lowest BCUT2D eigenvalue weighted by atomic mass is 10.1. The Hall–Kier alpha value is -0.870. The minimum Gasteiger partial charge on any atom is -0.301 e. The Kier molecular flexibility index (Phi) is 3.38. The van der Waals surface area contributed by atoms with Crippen molar-refractivity contribution in [1.29, 1.82) is 0 Å². The van der Waals surface area contributed by atoms with Crippen LogP contribution >= 0.6 is 11.6 Å². The molecule has 0 atom stereocenters. The normalized spacial score (nSPS) is 18.3. The number of Topliss-reactive ketones (excluding diaryl/α,β-unsaturated/α-hetero) is 1. The zero-order valence-electron chi connectivity index (χ0n) is 8.53. The summed E-state index contributed by atoms with van der Waals surface area (Å²) in [5.74, 6) is 0.383. The summed E-state index contributed by atoms with van der Waals surface area (Å²) in [5.41, 5.74) is 0. The van der Waals surface area contributed by atoms with Gasteiger partial charge in [0.2, 0.25) is 0 Å². The molecule has 4 nitrogen and oxygen atoms in total. The molecule has 0 unspecified atom stereocenters. The number of carbonyl (C=O) groups excluding carboxylic acids is 1. The van der Waals surface area contributed by atoms with Gasteiger partial charge in [-0.1, -0.05) is 11.6 Å². The predicted octanol–water partition coefficient (Wildman–Crippen LogP) is 1.20. The van der Waals surface area contributed by atoms with Crippen LogP contribution in [0.2, 0.25) is 5.02 Å². The third-order valence-corrected chi connectivity index (χ3v) is 2.86. The molecular weight excluding hydrogens is 214 g/mol. The van der Waals surface area contributed by atoms with E-state index < -0.39 is 0 Å². The summed E-state index contributed by atoms with van der Waals surface area (Å²) in [7, 11) is 0. The van der Waals surface area contributed by atoms with E-state index in [0.29, 0.717) is 23.6 Å². The Morgan fingerprint density at radius 2 is 2.07 bits per heavy atom. The van der Waals surface area contributed by atoms with Crippen molar-refractivity contribution in [3.8, 4) is 0 Å². The van der Waals surface area contributed by atoms with Gasteiger partial charge in [-0.25, -0.2) is 0 Å². The van der Waals surface area contributed by atoms with E-state index in [1.807, 2.05) is 10.9 Å². The molecule has 2 heterocycles. The topological polar surface area (TPSA) is 38.1 Å². The van der Waals surface area contributed by atoms with Gasteiger partial charge in [-0.3, -0.25) is 9.48 Å². The van der Waals surface area contributed by atoms with E-state index in [1.165, 1.54) is 0 Å². The van der Waals surface area contributed by atoms with E-state index in [0.717, 1.165) is 26.2 Å². The Bertz CT molecular complexity index is 340. The van der Waals surface area contributed by atoms with E-state index >= 15 is 0 Å². The predicted molar refractivity (Wildman–Crippen MR) is 57.9 cm³/mol. The first-order valence-electron chi connectivity index (χ1n) is 5.16. The highest BCUT2D eigenvalue weighted by molar-refractivity contribution is 6.30. The quantitative estimate of drug-likeness (QED) is 0.779. The molecule has 0 aliphatic carbocycles. The number of likely N-dealkylation sites (tertiary alicyclic amines) is 1. The molecule has 0 bridgehead atoms. The van der Waals surface area contributed by atoms with Crippen LogP contribution in [0.5, 0.6) is 0 Å². The second kappa shape index (κ2) is 4.77. The second-order valence-corrected chi connectivity index (χ2v) is 4.24. The highest BCUT2D eigenvalue weighted by atomic mass is 35.5. The minimum atomic E-state index is 0.383. The van der Waals surface area contributed by atoms with Crippen molar-refractivity contribution in [2.24, 2.45) is 0 Å². The van der Waals surface area contributed by atoms with E-state index in [-0.39, 0.29) is 0 Å². The van der Waals surface area contributed by atoms with Crippen LogP contribution < -0.4 is 0 Å². The number of aromatic nitrogens is 2. The molecule has 0 aromatic carbocycles. The van der Waals surface area contributed by atoms with Gasteiger partial charge in [0.25, 0.3) is 0 Å². The van der Waals surface area contributed by atoms with Gasteiger partial charge in [-0.2, -0.15) is 5.10 Å². The lowest BCUT2D eigenvalue weighted by Gasteiger charge is -2.25. The van der Waals surface area contributed by atoms with Gasteiger partial charge in [0.15, 0.2) is 0 Å². The van der Waals surface area contributed by atoms with Crippen LogP contribution in [0.15, 0.2) is 12.4 Å². The molecule has 0 spiro atoms. The zero-order valence-corrected chi connectivity index (χ0v) is 9.28. The van der Waals surface area contributed by atoms with Gasteiger partial charge in [0, 0.05) is 38.7 Å². The molecule has 0 N–H and O–H groups in total. The first-order chi connectivity index (χ1) is 7.24. The largest absolute Gasteiger partial charge is 0.301 e. The molecule has 0 radical (unpaired) electrons. The highest BCUT2D eigenvalue weighted by Gasteiger charge is 2.15. The van der Waals surface area contributed by atoms with Crippen LogP contribution in [-0.2, 0) is 11.3 Å². The summed E-state index contributed by atoms with van der Waals surface area (Å²) in [6, 6.07) is 0. The average Bonchev–Trinajstić information content (AvgIpc) is 2.64.